The molecule has 0 saturated heterocycles. The third-order valence-corrected chi connectivity index (χ3v) is 4.98. The monoisotopic (exact) mass is 486 g/mol. The molecule has 2 N–H and O–H groups in total. The number of benzene rings is 2. The summed E-state index contributed by atoms with van der Waals surface area (Å²) in [4.78, 5) is 24.7. The third kappa shape index (κ3) is 6.90. The SMILES string of the molecule is O=C(Nc1cccc(Cl)c1)N[C@@H](CC(=O)c1ccc(Cl)cc1Cl)C(Cl)(Cl)Cl. The van der Waals surface area contributed by atoms with Crippen LogP contribution in [0.2, 0.25) is 15.1 Å². The molecule has 2 aromatic rings. The van der Waals surface area contributed by atoms with E-state index in [4.69, 9.17) is 69.6 Å². The molecule has 0 aliphatic carbocycles. The van der Waals surface area contributed by atoms with E-state index in [0.717, 1.165) is 0 Å². The van der Waals surface area contributed by atoms with Gasteiger partial charge in [0.25, 0.3) is 0 Å². The topological polar surface area (TPSA) is 58.2 Å². The molecule has 2 aromatic carbocycles. The summed E-state index contributed by atoms with van der Waals surface area (Å²) in [6.07, 6.45) is -0.291. The molecule has 27 heavy (non-hydrogen) atoms. The number of nitrogens with one attached hydrogen (secondary N) is 2. The van der Waals surface area contributed by atoms with Crippen molar-refractivity contribution >= 4 is 87.1 Å². The zero-order chi connectivity index (χ0) is 20.2. The van der Waals surface area contributed by atoms with Crippen LogP contribution in [0.15, 0.2) is 42.5 Å². The lowest BCUT2D eigenvalue weighted by Gasteiger charge is -2.25. The summed E-state index contributed by atoms with van der Waals surface area (Å²) in [6.45, 7) is 0. The number of hydrogen-bond donors (Lipinski definition) is 2. The highest BCUT2D eigenvalue weighted by Gasteiger charge is 2.36. The van der Waals surface area contributed by atoms with E-state index in [-0.39, 0.29) is 17.0 Å². The molecule has 144 valence electrons. The number of ketones is 1. The Balaban J connectivity index is 2.11. The summed E-state index contributed by atoms with van der Waals surface area (Å²) in [7, 11) is 0. The van der Waals surface area contributed by atoms with E-state index in [1.807, 2.05) is 0 Å². The molecular weight excluding hydrogens is 477 g/mol. The van der Waals surface area contributed by atoms with Gasteiger partial charge in [-0.1, -0.05) is 75.7 Å². The highest BCUT2D eigenvalue weighted by molar-refractivity contribution is 6.68. The lowest BCUT2D eigenvalue weighted by Crippen LogP contribution is -2.46. The van der Waals surface area contributed by atoms with E-state index < -0.39 is 21.6 Å². The maximum atomic E-state index is 12.5. The summed E-state index contributed by atoms with van der Waals surface area (Å²) in [5.74, 6) is -0.420. The summed E-state index contributed by atoms with van der Waals surface area (Å²) in [5.41, 5.74) is 0.646. The predicted molar refractivity (Wildman–Crippen MR) is 113 cm³/mol. The van der Waals surface area contributed by atoms with Crippen LogP contribution in [0.5, 0.6) is 0 Å². The van der Waals surface area contributed by atoms with Crippen molar-refractivity contribution in [3.63, 3.8) is 0 Å². The number of halogens is 6. The van der Waals surface area contributed by atoms with Gasteiger partial charge in [-0.3, -0.25) is 4.79 Å². The van der Waals surface area contributed by atoms with Gasteiger partial charge in [0.2, 0.25) is 3.79 Å². The molecule has 0 unspecified atom stereocenters. The van der Waals surface area contributed by atoms with Gasteiger partial charge in [-0.25, -0.2) is 4.79 Å². The number of carbonyl (C=O) groups is 2. The standard InChI is InChI=1S/C17H12Cl6N2O2/c18-9-2-1-3-11(6-9)24-16(27)25-15(17(21,22)23)8-14(26)12-5-4-10(19)7-13(12)20/h1-7,15H,8H2,(H2,24,25,27)/t15-/m0/s1. The number of carbonyl (C=O) groups excluding carboxylic acids is 2. The van der Waals surface area contributed by atoms with Crippen molar-refractivity contribution < 1.29 is 9.59 Å². The lowest BCUT2D eigenvalue weighted by molar-refractivity contribution is 0.0971. The van der Waals surface area contributed by atoms with Crippen LogP contribution in [0.25, 0.3) is 0 Å². The Bertz CT molecular complexity index is 854. The zero-order valence-corrected chi connectivity index (χ0v) is 17.9. The van der Waals surface area contributed by atoms with Crippen molar-refractivity contribution in [3.05, 3.63) is 63.1 Å². The first kappa shape index (κ1) is 22.4. The molecule has 2 amide bonds. The van der Waals surface area contributed by atoms with Crippen LogP contribution >= 0.6 is 69.6 Å². The minimum atomic E-state index is -1.93. The van der Waals surface area contributed by atoms with E-state index in [1.165, 1.54) is 18.2 Å². The molecule has 4 nitrogen and oxygen atoms in total. The molecule has 0 saturated carbocycles. The van der Waals surface area contributed by atoms with Crippen molar-refractivity contribution in [1.29, 1.82) is 0 Å². The van der Waals surface area contributed by atoms with Crippen LogP contribution in [0.1, 0.15) is 16.8 Å². The number of anilines is 1. The van der Waals surface area contributed by atoms with Crippen LogP contribution in [-0.4, -0.2) is 21.6 Å². The Morgan fingerprint density at radius 3 is 2.22 bits per heavy atom. The van der Waals surface area contributed by atoms with Crippen LogP contribution < -0.4 is 10.6 Å². The van der Waals surface area contributed by atoms with Crippen molar-refractivity contribution in [2.75, 3.05) is 5.32 Å². The number of rotatable bonds is 5. The van der Waals surface area contributed by atoms with E-state index in [9.17, 15) is 9.59 Å². The largest absolute Gasteiger partial charge is 0.330 e. The summed E-state index contributed by atoms with van der Waals surface area (Å²) < 4.78 is -1.93. The second kappa shape index (κ2) is 9.55. The van der Waals surface area contributed by atoms with E-state index >= 15 is 0 Å². The number of amides is 2. The minimum Gasteiger partial charge on any atom is -0.330 e. The quantitative estimate of drug-likeness (QED) is 0.360. The Labute approximate surface area is 186 Å². The highest BCUT2D eigenvalue weighted by atomic mass is 35.6. The van der Waals surface area contributed by atoms with E-state index in [1.54, 1.807) is 24.3 Å². The van der Waals surface area contributed by atoms with Gasteiger partial charge in [0, 0.05) is 27.7 Å². The Morgan fingerprint density at radius 1 is 0.963 bits per heavy atom. The second-order valence-electron chi connectivity index (χ2n) is 5.45. The van der Waals surface area contributed by atoms with Gasteiger partial charge in [0.05, 0.1) is 11.1 Å². The maximum absolute atomic E-state index is 12.5. The Morgan fingerprint density at radius 2 is 1.63 bits per heavy atom. The molecule has 0 aromatic heterocycles. The van der Waals surface area contributed by atoms with Crippen LogP contribution in [0, 0.1) is 0 Å². The molecule has 10 heteroatoms. The van der Waals surface area contributed by atoms with Crippen molar-refractivity contribution in [2.45, 2.75) is 16.3 Å². The second-order valence-corrected chi connectivity index (χ2v) is 9.10. The number of urea groups is 1. The first-order valence-electron chi connectivity index (χ1n) is 7.44. The molecule has 0 spiro atoms. The fourth-order valence-electron chi connectivity index (χ4n) is 2.15. The molecule has 0 aliphatic heterocycles. The zero-order valence-electron chi connectivity index (χ0n) is 13.4. The fourth-order valence-corrected chi connectivity index (χ4v) is 3.25. The Kier molecular flexibility index (Phi) is 7.93. The van der Waals surface area contributed by atoms with E-state index in [0.29, 0.717) is 15.7 Å². The normalized spacial score (nSPS) is 12.4. The van der Waals surface area contributed by atoms with Crippen LogP contribution in [-0.2, 0) is 0 Å². The van der Waals surface area contributed by atoms with Gasteiger partial charge >= 0.3 is 6.03 Å². The van der Waals surface area contributed by atoms with Crippen molar-refractivity contribution in [2.24, 2.45) is 0 Å². The summed E-state index contributed by atoms with van der Waals surface area (Å²) in [6, 6.07) is 9.14. The first-order chi connectivity index (χ1) is 12.6. The summed E-state index contributed by atoms with van der Waals surface area (Å²) in [5, 5.41) is 6.02. The lowest BCUT2D eigenvalue weighted by atomic mass is 10.0. The molecule has 0 fully saturated rings. The molecule has 1 atom stereocenters. The molecule has 0 aliphatic rings. The smallest absolute Gasteiger partial charge is 0.319 e. The summed E-state index contributed by atoms with van der Waals surface area (Å²) >= 11 is 35.5. The number of Topliss-reactive ketones (excluding diaryl/α,β-unsaturated/α-hetero) is 1. The molecule has 2 rings (SSSR count). The van der Waals surface area contributed by atoms with Gasteiger partial charge in [0.15, 0.2) is 5.78 Å². The van der Waals surface area contributed by atoms with Crippen LogP contribution in [0.4, 0.5) is 10.5 Å². The predicted octanol–water partition coefficient (Wildman–Crippen LogP) is 6.78. The number of alkyl halides is 3. The molecular formula is C17H12Cl6N2O2. The van der Waals surface area contributed by atoms with Gasteiger partial charge in [0.1, 0.15) is 0 Å². The third-order valence-electron chi connectivity index (χ3n) is 3.40. The maximum Gasteiger partial charge on any atom is 0.319 e. The average Bonchev–Trinajstić information content (AvgIpc) is 2.53. The van der Waals surface area contributed by atoms with Gasteiger partial charge in [-0.05, 0) is 36.4 Å². The van der Waals surface area contributed by atoms with Crippen molar-refractivity contribution in [3.8, 4) is 0 Å². The first-order valence-corrected chi connectivity index (χ1v) is 9.71. The van der Waals surface area contributed by atoms with Crippen LogP contribution in [0.3, 0.4) is 0 Å². The fraction of sp³-hybridized carbons (Fsp3) is 0.176. The molecule has 0 heterocycles. The van der Waals surface area contributed by atoms with Crippen molar-refractivity contribution in [1.82, 2.24) is 5.32 Å². The minimum absolute atomic E-state index is 0.166. The molecule has 0 radical (unpaired) electrons. The van der Waals surface area contributed by atoms with Gasteiger partial charge < -0.3 is 10.6 Å². The van der Waals surface area contributed by atoms with E-state index in [2.05, 4.69) is 10.6 Å². The van der Waals surface area contributed by atoms with Gasteiger partial charge in [-0.2, -0.15) is 0 Å². The number of hydrogen-bond acceptors (Lipinski definition) is 2. The average molecular weight is 489 g/mol. The highest BCUT2D eigenvalue weighted by Crippen LogP contribution is 2.33. The molecule has 0 bridgehead atoms. The van der Waals surface area contributed by atoms with Gasteiger partial charge in [-0.15, -0.1) is 0 Å². The Hall–Kier alpha value is -0.880.